The molecule has 2 atom stereocenters. The predicted molar refractivity (Wildman–Crippen MR) is 88.8 cm³/mol. The minimum atomic E-state index is -0.181. The van der Waals surface area contributed by atoms with Gasteiger partial charge in [0.2, 0.25) is 0 Å². The van der Waals surface area contributed by atoms with Crippen molar-refractivity contribution in [3.63, 3.8) is 0 Å². The van der Waals surface area contributed by atoms with E-state index in [4.69, 9.17) is 9.26 Å². The second-order valence-electron chi connectivity index (χ2n) is 6.44. The highest BCUT2D eigenvalue weighted by Gasteiger charge is 2.25. The number of hydrogen-bond acceptors (Lipinski definition) is 6. The van der Waals surface area contributed by atoms with Crippen molar-refractivity contribution >= 4 is 11.0 Å². The maximum absolute atomic E-state index is 5.84. The zero-order valence-electron chi connectivity index (χ0n) is 14.1. The van der Waals surface area contributed by atoms with Gasteiger partial charge >= 0.3 is 0 Å². The average molecular weight is 327 g/mol. The lowest BCUT2D eigenvalue weighted by atomic mass is 10.1. The molecule has 0 spiro atoms. The second-order valence-corrected chi connectivity index (χ2v) is 6.44. The first kappa shape index (κ1) is 15.3. The summed E-state index contributed by atoms with van der Waals surface area (Å²) in [5.74, 6) is 1.16. The van der Waals surface area contributed by atoms with Crippen molar-refractivity contribution < 1.29 is 9.26 Å². The van der Waals surface area contributed by atoms with Crippen LogP contribution < -0.4 is 5.32 Å². The molecule has 1 aromatic carbocycles. The van der Waals surface area contributed by atoms with Crippen LogP contribution in [0.1, 0.15) is 35.9 Å². The molecular weight excluding hydrogens is 306 g/mol. The Balaban J connectivity index is 1.57. The average Bonchev–Trinajstić information content (AvgIpc) is 3.17. The molecule has 1 saturated heterocycles. The lowest BCUT2D eigenvalue weighted by Crippen LogP contribution is -2.39. The first-order valence-electron chi connectivity index (χ1n) is 8.21. The molecule has 0 bridgehead atoms. The smallest absolute Gasteiger partial charge is 0.257 e. The first-order valence-corrected chi connectivity index (χ1v) is 8.21. The standard InChI is InChI=1S/C17H21N5O2/c1-10-4-13-14(5-11(10)2)22(9-19-13)8-16-20-17(24-21-16)15-7-18-6-12(3)23-15/h4-5,9,12,15,18H,6-8H2,1-3H3/t12-,15-/m1/s1. The highest BCUT2D eigenvalue weighted by molar-refractivity contribution is 5.77. The topological polar surface area (TPSA) is 78.0 Å². The highest BCUT2D eigenvalue weighted by atomic mass is 16.5. The van der Waals surface area contributed by atoms with Crippen LogP contribution >= 0.6 is 0 Å². The fraction of sp³-hybridized carbons (Fsp3) is 0.471. The lowest BCUT2D eigenvalue weighted by molar-refractivity contribution is -0.0438. The van der Waals surface area contributed by atoms with Gasteiger partial charge < -0.3 is 19.1 Å². The van der Waals surface area contributed by atoms with E-state index in [1.807, 2.05) is 17.8 Å². The molecule has 0 amide bonds. The summed E-state index contributed by atoms with van der Waals surface area (Å²) in [6.07, 6.45) is 1.78. The van der Waals surface area contributed by atoms with Crippen molar-refractivity contribution in [1.29, 1.82) is 0 Å². The van der Waals surface area contributed by atoms with Gasteiger partial charge in [-0.15, -0.1) is 0 Å². The number of imidazole rings is 1. The van der Waals surface area contributed by atoms with Gasteiger partial charge in [0.25, 0.3) is 5.89 Å². The number of fused-ring (bicyclic) bond motifs is 1. The van der Waals surface area contributed by atoms with E-state index in [9.17, 15) is 0 Å². The number of ether oxygens (including phenoxy) is 1. The van der Waals surface area contributed by atoms with Gasteiger partial charge in [0, 0.05) is 13.1 Å². The molecule has 2 aromatic heterocycles. The summed E-state index contributed by atoms with van der Waals surface area (Å²) in [6.45, 7) is 8.29. The summed E-state index contributed by atoms with van der Waals surface area (Å²) in [4.78, 5) is 8.96. The summed E-state index contributed by atoms with van der Waals surface area (Å²) in [5.41, 5.74) is 4.54. The Labute approximate surface area is 140 Å². The van der Waals surface area contributed by atoms with Crippen LogP contribution in [-0.4, -0.2) is 38.9 Å². The number of rotatable bonds is 3. The number of benzene rings is 1. The lowest BCUT2D eigenvalue weighted by Gasteiger charge is -2.25. The van der Waals surface area contributed by atoms with Crippen molar-refractivity contribution in [2.24, 2.45) is 0 Å². The van der Waals surface area contributed by atoms with Crippen molar-refractivity contribution in [2.75, 3.05) is 13.1 Å². The van der Waals surface area contributed by atoms with E-state index in [0.717, 1.165) is 17.6 Å². The Morgan fingerprint density at radius 2 is 2.08 bits per heavy atom. The van der Waals surface area contributed by atoms with Crippen molar-refractivity contribution in [3.05, 3.63) is 41.3 Å². The van der Waals surface area contributed by atoms with Gasteiger partial charge in [-0.25, -0.2) is 4.98 Å². The summed E-state index contributed by atoms with van der Waals surface area (Å²) >= 11 is 0. The number of aryl methyl sites for hydroxylation is 2. The van der Waals surface area contributed by atoms with E-state index in [2.05, 4.69) is 46.4 Å². The summed E-state index contributed by atoms with van der Waals surface area (Å²) in [7, 11) is 0. The Kier molecular flexibility index (Phi) is 3.82. The van der Waals surface area contributed by atoms with Gasteiger partial charge in [0.15, 0.2) is 5.82 Å². The van der Waals surface area contributed by atoms with E-state index in [1.165, 1.54) is 11.1 Å². The Morgan fingerprint density at radius 3 is 2.92 bits per heavy atom. The van der Waals surface area contributed by atoms with Crippen LogP contribution in [0.4, 0.5) is 0 Å². The van der Waals surface area contributed by atoms with Gasteiger partial charge in [-0.05, 0) is 44.0 Å². The molecule has 0 radical (unpaired) electrons. The molecule has 3 aromatic rings. The van der Waals surface area contributed by atoms with Gasteiger partial charge in [0.05, 0.1) is 30.0 Å². The van der Waals surface area contributed by atoms with Crippen LogP contribution in [0.3, 0.4) is 0 Å². The van der Waals surface area contributed by atoms with Crippen LogP contribution in [0.5, 0.6) is 0 Å². The largest absolute Gasteiger partial charge is 0.363 e. The molecule has 1 aliphatic rings. The molecule has 3 heterocycles. The zero-order valence-corrected chi connectivity index (χ0v) is 14.1. The van der Waals surface area contributed by atoms with Crippen molar-refractivity contribution in [1.82, 2.24) is 25.0 Å². The molecular formula is C17H21N5O2. The van der Waals surface area contributed by atoms with E-state index >= 15 is 0 Å². The summed E-state index contributed by atoms with van der Waals surface area (Å²) in [6, 6.07) is 4.25. The molecule has 4 rings (SSSR count). The Morgan fingerprint density at radius 1 is 1.25 bits per heavy atom. The first-order chi connectivity index (χ1) is 11.6. The number of hydrogen-bond donors (Lipinski definition) is 1. The minimum absolute atomic E-state index is 0.142. The predicted octanol–water partition coefficient (Wildman–Crippen LogP) is 2.13. The molecule has 7 nitrogen and oxygen atoms in total. The number of nitrogens with zero attached hydrogens (tertiary/aromatic N) is 4. The number of nitrogens with one attached hydrogen (secondary N) is 1. The third-order valence-corrected chi connectivity index (χ3v) is 4.47. The van der Waals surface area contributed by atoms with E-state index in [-0.39, 0.29) is 12.2 Å². The fourth-order valence-corrected chi connectivity index (χ4v) is 2.99. The van der Waals surface area contributed by atoms with Gasteiger partial charge in [0.1, 0.15) is 6.10 Å². The minimum Gasteiger partial charge on any atom is -0.363 e. The Bertz CT molecular complexity index is 869. The van der Waals surface area contributed by atoms with Crippen LogP contribution in [-0.2, 0) is 11.3 Å². The molecule has 0 saturated carbocycles. The number of morpholine rings is 1. The molecule has 24 heavy (non-hydrogen) atoms. The molecule has 1 N–H and O–H groups in total. The van der Waals surface area contributed by atoms with Crippen LogP contribution in [0, 0.1) is 13.8 Å². The molecule has 0 aliphatic carbocycles. The van der Waals surface area contributed by atoms with Crippen LogP contribution in [0.25, 0.3) is 11.0 Å². The van der Waals surface area contributed by atoms with E-state index in [1.54, 1.807) is 0 Å². The quantitative estimate of drug-likeness (QED) is 0.794. The maximum atomic E-state index is 5.84. The van der Waals surface area contributed by atoms with Crippen LogP contribution in [0.2, 0.25) is 0 Å². The third kappa shape index (κ3) is 2.81. The summed E-state index contributed by atoms with van der Waals surface area (Å²) < 4.78 is 13.3. The summed E-state index contributed by atoms with van der Waals surface area (Å²) in [5, 5.41) is 7.40. The van der Waals surface area contributed by atoms with Crippen molar-refractivity contribution in [2.45, 2.75) is 39.5 Å². The van der Waals surface area contributed by atoms with Gasteiger partial charge in [-0.1, -0.05) is 5.16 Å². The number of aromatic nitrogens is 4. The SMILES string of the molecule is Cc1cc2ncn(Cc3noc([C@H]4CNC[C@@H](C)O4)n3)c2cc1C. The van der Waals surface area contributed by atoms with Crippen LogP contribution in [0.15, 0.2) is 23.0 Å². The van der Waals surface area contributed by atoms with Gasteiger partial charge in [-0.2, -0.15) is 4.98 Å². The second kappa shape index (κ2) is 5.99. The highest BCUT2D eigenvalue weighted by Crippen LogP contribution is 2.21. The molecule has 1 fully saturated rings. The van der Waals surface area contributed by atoms with Gasteiger partial charge in [-0.3, -0.25) is 0 Å². The maximum Gasteiger partial charge on any atom is 0.257 e. The monoisotopic (exact) mass is 327 g/mol. The zero-order chi connectivity index (χ0) is 16.7. The molecule has 1 aliphatic heterocycles. The molecule has 7 heteroatoms. The fourth-order valence-electron chi connectivity index (χ4n) is 2.99. The third-order valence-electron chi connectivity index (χ3n) is 4.47. The van der Waals surface area contributed by atoms with E-state index in [0.29, 0.717) is 24.8 Å². The Hall–Kier alpha value is -2.25. The normalized spacial score (nSPS) is 21.5. The van der Waals surface area contributed by atoms with Crippen molar-refractivity contribution in [3.8, 4) is 0 Å². The van der Waals surface area contributed by atoms with E-state index < -0.39 is 0 Å². The molecule has 126 valence electrons. The molecule has 0 unspecified atom stereocenters.